The van der Waals surface area contributed by atoms with Crippen LogP contribution in [0.4, 0.5) is 10.1 Å². The van der Waals surface area contributed by atoms with Crippen LogP contribution < -0.4 is 15.6 Å². The van der Waals surface area contributed by atoms with E-state index in [-0.39, 0.29) is 24.7 Å². The monoisotopic (exact) mass is 732 g/mol. The minimum absolute atomic E-state index is 0.0345. The Morgan fingerprint density at radius 2 is 1.83 bits per heavy atom. The van der Waals surface area contributed by atoms with Crippen LogP contribution in [0.3, 0.4) is 0 Å². The third-order valence-corrected chi connectivity index (χ3v) is 9.38. The van der Waals surface area contributed by atoms with Crippen molar-refractivity contribution in [3.63, 3.8) is 0 Å². The zero-order chi connectivity index (χ0) is 33.8. The second kappa shape index (κ2) is 17.1. The molecule has 1 amide bonds. The predicted octanol–water partition coefficient (Wildman–Crippen LogP) is 7.35. The Morgan fingerprint density at radius 3 is 2.58 bits per heavy atom. The van der Waals surface area contributed by atoms with E-state index in [4.69, 9.17) is 19.6 Å². The van der Waals surface area contributed by atoms with Crippen LogP contribution in [0.2, 0.25) is 0 Å². The fourth-order valence-electron chi connectivity index (χ4n) is 5.18. The summed E-state index contributed by atoms with van der Waals surface area (Å²) in [6, 6.07) is 28.1. The van der Waals surface area contributed by atoms with E-state index in [1.807, 2.05) is 24.3 Å². The average Bonchev–Trinajstić information content (AvgIpc) is 3.49. The van der Waals surface area contributed by atoms with Gasteiger partial charge in [0.1, 0.15) is 11.6 Å². The zero-order valence-corrected chi connectivity index (χ0v) is 28.3. The number of amides is 1. The van der Waals surface area contributed by atoms with Crippen LogP contribution in [-0.4, -0.2) is 48.0 Å². The van der Waals surface area contributed by atoms with Gasteiger partial charge in [-0.3, -0.25) is 10.2 Å². The van der Waals surface area contributed by atoms with Gasteiger partial charge in [0.05, 0.1) is 6.61 Å². The molecular weight excluding hydrogens is 699 g/mol. The number of carbonyl (C=O) groups excluding carboxylic acids is 1. The van der Waals surface area contributed by atoms with E-state index in [2.05, 4.69) is 36.8 Å². The second-order valence-electron chi connectivity index (χ2n) is 10.9. The molecule has 248 valence electrons. The van der Waals surface area contributed by atoms with Gasteiger partial charge in [-0.15, -0.1) is 0 Å². The van der Waals surface area contributed by atoms with E-state index in [9.17, 15) is 14.7 Å². The summed E-state index contributed by atoms with van der Waals surface area (Å²) in [5.74, 6) is 1.54. The number of azide groups is 1. The number of hydrogen-bond acceptors (Lipinski definition) is 8. The lowest BCUT2D eigenvalue weighted by Crippen LogP contribution is -2.54. The number of hydrogen-bond donors (Lipinski definition) is 3. The number of benzene rings is 4. The van der Waals surface area contributed by atoms with Crippen molar-refractivity contribution in [2.75, 3.05) is 25.5 Å². The summed E-state index contributed by atoms with van der Waals surface area (Å²) >= 11 is 5.28. The third-order valence-electron chi connectivity index (χ3n) is 7.57. The van der Waals surface area contributed by atoms with Crippen LogP contribution in [0.5, 0.6) is 5.75 Å². The van der Waals surface area contributed by atoms with Gasteiger partial charge in [0.25, 0.3) is 5.91 Å². The maximum atomic E-state index is 14.4. The summed E-state index contributed by atoms with van der Waals surface area (Å²) in [6.45, 7) is 0.864. The number of aliphatic imine (C=N–C) groups is 1. The molecule has 0 saturated carbocycles. The normalized spacial score (nSPS) is 16.8. The van der Waals surface area contributed by atoms with E-state index in [0.29, 0.717) is 53.6 Å². The van der Waals surface area contributed by atoms with Gasteiger partial charge in [-0.2, -0.15) is 11.8 Å². The lowest BCUT2D eigenvalue weighted by Gasteiger charge is -2.31. The van der Waals surface area contributed by atoms with Gasteiger partial charge in [0.2, 0.25) is 5.90 Å². The molecule has 10 nitrogen and oxygen atoms in total. The van der Waals surface area contributed by atoms with Crippen LogP contribution in [-0.2, 0) is 21.7 Å². The highest BCUT2D eigenvalue weighted by molar-refractivity contribution is 9.10. The molecule has 1 aliphatic heterocycles. The third kappa shape index (κ3) is 8.74. The van der Waals surface area contributed by atoms with Gasteiger partial charge in [-0.1, -0.05) is 75.6 Å². The Morgan fingerprint density at radius 1 is 1.08 bits per heavy atom. The fraction of sp³-hybridized carbons (Fsp3) is 0.257. The quantitative estimate of drug-likeness (QED) is 0.0362. The molecule has 0 fully saturated rings. The van der Waals surface area contributed by atoms with Crippen molar-refractivity contribution < 1.29 is 23.8 Å². The van der Waals surface area contributed by atoms with E-state index < -0.39 is 17.6 Å². The first kappa shape index (κ1) is 34.9. The molecule has 1 heterocycles. The number of carbonyl (C=O) groups is 1. The molecule has 0 aromatic heterocycles. The molecule has 48 heavy (non-hydrogen) atoms. The Kier molecular flexibility index (Phi) is 12.5. The molecule has 5 rings (SSSR count). The SMILES string of the molecule is [N-]=[N+]=Nc1ccccc1[C@@H]1OC(c2ccc(OCCCO)cc2)=N[C@]1(Cc1ccccc1Br)C(=O)NNCCSCc1ccc(F)cc1. The predicted molar refractivity (Wildman–Crippen MR) is 189 cm³/mol. The van der Waals surface area contributed by atoms with Crippen molar-refractivity contribution >= 4 is 45.2 Å². The Balaban J connectivity index is 1.45. The van der Waals surface area contributed by atoms with Gasteiger partial charge < -0.3 is 14.6 Å². The molecule has 0 unspecified atom stereocenters. The largest absolute Gasteiger partial charge is 0.494 e. The van der Waals surface area contributed by atoms with Crippen molar-refractivity contribution in [3.05, 3.63) is 140 Å². The number of aliphatic hydroxyl groups excluding tert-OH is 1. The maximum absolute atomic E-state index is 14.4. The van der Waals surface area contributed by atoms with Gasteiger partial charge in [-0.25, -0.2) is 14.8 Å². The number of rotatable bonds is 16. The van der Waals surface area contributed by atoms with Crippen molar-refractivity contribution in [1.29, 1.82) is 0 Å². The minimum atomic E-state index is -1.52. The van der Waals surface area contributed by atoms with Crippen LogP contribution in [0.15, 0.2) is 112 Å². The Labute approximate surface area is 290 Å². The Bertz CT molecular complexity index is 1770. The molecule has 4 aromatic rings. The van der Waals surface area contributed by atoms with Gasteiger partial charge >= 0.3 is 0 Å². The zero-order valence-electron chi connectivity index (χ0n) is 25.9. The summed E-state index contributed by atoms with van der Waals surface area (Å²) in [5, 5.41) is 13.0. The molecule has 0 bridgehead atoms. The summed E-state index contributed by atoms with van der Waals surface area (Å²) < 4.78 is 26.3. The molecular formula is C35H34BrFN6O4S. The number of ether oxygens (including phenoxy) is 2. The highest BCUT2D eigenvalue weighted by atomic mass is 79.9. The number of aliphatic hydroxyl groups is 1. The van der Waals surface area contributed by atoms with Gasteiger partial charge in [-0.05, 0) is 59.1 Å². The van der Waals surface area contributed by atoms with Crippen LogP contribution in [0.1, 0.15) is 34.8 Å². The van der Waals surface area contributed by atoms with Crippen LogP contribution in [0.25, 0.3) is 10.4 Å². The molecule has 13 heteroatoms. The standard InChI is InChI=1S/C35H34BrFN6O4S/c36-30-8-3-1-6-26(30)22-35(34(45)42-39-18-21-48-23-24-10-14-27(37)15-11-24)32(29-7-2-4-9-31(29)41-43-38)47-33(40-35)25-12-16-28(17-13-25)46-20-5-19-44/h1-4,6-17,32,39,44H,5,18-23H2,(H,42,45)/t32-,35-/m0/s1. The maximum Gasteiger partial charge on any atom is 0.266 e. The highest BCUT2D eigenvalue weighted by Crippen LogP contribution is 2.46. The average molecular weight is 734 g/mol. The molecule has 4 aromatic carbocycles. The van der Waals surface area contributed by atoms with Crippen LogP contribution in [0, 0.1) is 5.82 Å². The minimum Gasteiger partial charge on any atom is -0.494 e. The molecule has 3 N–H and O–H groups in total. The molecule has 0 aliphatic carbocycles. The molecule has 1 aliphatic rings. The second-order valence-corrected chi connectivity index (χ2v) is 12.8. The number of thioether (sulfide) groups is 1. The number of nitrogens with one attached hydrogen (secondary N) is 2. The molecule has 2 atom stereocenters. The molecule has 0 radical (unpaired) electrons. The first-order valence-electron chi connectivity index (χ1n) is 15.3. The van der Waals surface area contributed by atoms with Crippen LogP contribution >= 0.6 is 27.7 Å². The van der Waals surface area contributed by atoms with Crippen molar-refractivity contribution in [3.8, 4) is 5.75 Å². The summed E-state index contributed by atoms with van der Waals surface area (Å²) in [6.07, 6.45) is -0.295. The smallest absolute Gasteiger partial charge is 0.266 e. The molecule has 0 saturated heterocycles. The number of nitrogens with zero attached hydrogens (tertiary/aromatic N) is 4. The van der Waals surface area contributed by atoms with Gasteiger partial charge in [0.15, 0.2) is 11.6 Å². The molecule has 0 spiro atoms. The van der Waals surface area contributed by atoms with Gasteiger partial charge in [0, 0.05) is 63.7 Å². The first-order chi connectivity index (χ1) is 23.4. The van der Waals surface area contributed by atoms with E-state index >= 15 is 0 Å². The van der Waals surface area contributed by atoms with E-state index in [0.717, 1.165) is 15.6 Å². The summed E-state index contributed by atoms with van der Waals surface area (Å²) in [7, 11) is 0. The van der Waals surface area contributed by atoms with Crippen molar-refractivity contribution in [1.82, 2.24) is 10.9 Å². The van der Waals surface area contributed by atoms with Crippen molar-refractivity contribution in [2.45, 2.75) is 30.2 Å². The van der Waals surface area contributed by atoms with E-state index in [1.54, 1.807) is 72.4 Å². The Hall–Kier alpha value is -4.39. The lowest BCUT2D eigenvalue weighted by molar-refractivity contribution is -0.130. The summed E-state index contributed by atoms with van der Waals surface area (Å²) in [5.41, 5.74) is 17.0. The highest BCUT2D eigenvalue weighted by Gasteiger charge is 2.54. The lowest BCUT2D eigenvalue weighted by atomic mass is 9.81. The number of hydrazine groups is 1. The van der Waals surface area contributed by atoms with E-state index in [1.165, 1.54) is 12.1 Å². The number of halogens is 2. The fourth-order valence-corrected chi connectivity index (χ4v) is 6.43. The van der Waals surface area contributed by atoms with Crippen molar-refractivity contribution in [2.24, 2.45) is 10.1 Å². The first-order valence-corrected chi connectivity index (χ1v) is 17.2. The topological polar surface area (TPSA) is 141 Å². The summed E-state index contributed by atoms with van der Waals surface area (Å²) in [4.78, 5) is 22.5.